The van der Waals surface area contributed by atoms with Crippen LogP contribution < -0.4 is 29.6 Å². The third-order valence-electron chi connectivity index (χ3n) is 3.72. The molecule has 2 rings (SSSR count). The smallest absolute Gasteiger partial charge is 0.251 e. The minimum absolute atomic E-state index is 0.193. The molecular formula is C19H22N2O6. The molecule has 0 aliphatic rings. The van der Waals surface area contributed by atoms with Gasteiger partial charge in [-0.1, -0.05) is 0 Å². The van der Waals surface area contributed by atoms with Crippen LogP contribution in [0.25, 0.3) is 0 Å². The molecular weight excluding hydrogens is 352 g/mol. The Labute approximate surface area is 157 Å². The van der Waals surface area contributed by atoms with E-state index in [4.69, 9.17) is 18.9 Å². The summed E-state index contributed by atoms with van der Waals surface area (Å²) in [5, 5.41) is 5.24. The van der Waals surface area contributed by atoms with E-state index in [1.165, 1.54) is 28.4 Å². The summed E-state index contributed by atoms with van der Waals surface area (Å²) in [4.78, 5) is 24.3. The lowest BCUT2D eigenvalue weighted by molar-refractivity contribution is -0.115. The van der Waals surface area contributed by atoms with Crippen LogP contribution in [-0.2, 0) is 4.79 Å². The normalized spacial score (nSPS) is 9.93. The number of carbonyl (C=O) groups is 2. The highest BCUT2D eigenvalue weighted by atomic mass is 16.5. The Kier molecular flexibility index (Phi) is 6.87. The zero-order chi connectivity index (χ0) is 19.8. The van der Waals surface area contributed by atoms with E-state index in [1.807, 2.05) is 0 Å². The van der Waals surface area contributed by atoms with Gasteiger partial charge < -0.3 is 29.6 Å². The lowest BCUT2D eigenvalue weighted by atomic mass is 10.2. The molecule has 27 heavy (non-hydrogen) atoms. The molecule has 0 fully saturated rings. The number of nitrogens with one attached hydrogen (secondary N) is 2. The Morgan fingerprint density at radius 2 is 1.33 bits per heavy atom. The number of ether oxygens (including phenoxy) is 4. The summed E-state index contributed by atoms with van der Waals surface area (Å²) in [6, 6.07) is 9.74. The Balaban J connectivity index is 1.96. The molecule has 2 N–H and O–H groups in total. The number of benzene rings is 2. The summed E-state index contributed by atoms with van der Waals surface area (Å²) < 4.78 is 20.6. The standard InChI is InChI=1S/C19H22N2O6/c1-24-14-7-5-12(9-16(14)26-3)19(23)20-11-18(22)21-13-6-8-15(25-2)17(10-13)27-4/h5-10H,11H2,1-4H3,(H,20,23)(H,21,22). The maximum atomic E-state index is 12.2. The summed E-state index contributed by atoms with van der Waals surface area (Å²) >= 11 is 0. The highest BCUT2D eigenvalue weighted by molar-refractivity contribution is 5.99. The van der Waals surface area contributed by atoms with Crippen LogP contribution in [0.3, 0.4) is 0 Å². The van der Waals surface area contributed by atoms with Crippen molar-refractivity contribution in [3.63, 3.8) is 0 Å². The van der Waals surface area contributed by atoms with Crippen LogP contribution in [0, 0.1) is 0 Å². The van der Waals surface area contributed by atoms with E-state index >= 15 is 0 Å². The summed E-state index contributed by atoms with van der Waals surface area (Å²) in [5.41, 5.74) is 0.879. The molecule has 0 spiro atoms. The molecule has 2 aromatic carbocycles. The molecule has 0 unspecified atom stereocenters. The number of methoxy groups -OCH3 is 4. The maximum Gasteiger partial charge on any atom is 0.251 e. The third kappa shape index (κ3) is 5.04. The molecule has 0 saturated heterocycles. The van der Waals surface area contributed by atoms with Gasteiger partial charge in [0.1, 0.15) is 0 Å². The zero-order valence-corrected chi connectivity index (χ0v) is 15.6. The third-order valence-corrected chi connectivity index (χ3v) is 3.72. The second kappa shape index (κ2) is 9.33. The topological polar surface area (TPSA) is 95.1 Å². The Morgan fingerprint density at radius 1 is 0.778 bits per heavy atom. The predicted molar refractivity (Wildman–Crippen MR) is 100 cm³/mol. The van der Waals surface area contributed by atoms with Crippen LogP contribution >= 0.6 is 0 Å². The van der Waals surface area contributed by atoms with Gasteiger partial charge in [0.15, 0.2) is 23.0 Å². The van der Waals surface area contributed by atoms with Gasteiger partial charge in [-0.15, -0.1) is 0 Å². The largest absolute Gasteiger partial charge is 0.493 e. The van der Waals surface area contributed by atoms with Crippen molar-refractivity contribution < 1.29 is 28.5 Å². The van der Waals surface area contributed by atoms with Gasteiger partial charge in [0.2, 0.25) is 5.91 Å². The molecule has 0 radical (unpaired) electrons. The van der Waals surface area contributed by atoms with Crippen molar-refractivity contribution in [1.82, 2.24) is 5.32 Å². The molecule has 2 aromatic rings. The molecule has 0 aliphatic carbocycles. The number of amides is 2. The molecule has 0 atom stereocenters. The van der Waals surface area contributed by atoms with Gasteiger partial charge >= 0.3 is 0 Å². The summed E-state index contributed by atoms with van der Waals surface area (Å²) in [5.74, 6) is 1.21. The first kappa shape index (κ1) is 19.9. The van der Waals surface area contributed by atoms with Crippen molar-refractivity contribution in [1.29, 1.82) is 0 Å². The van der Waals surface area contributed by atoms with Crippen molar-refractivity contribution in [2.75, 3.05) is 40.3 Å². The Bertz CT molecular complexity index is 822. The van der Waals surface area contributed by atoms with Gasteiger partial charge in [0.25, 0.3) is 5.91 Å². The van der Waals surface area contributed by atoms with Crippen LogP contribution in [0.2, 0.25) is 0 Å². The molecule has 0 heterocycles. The van der Waals surface area contributed by atoms with Crippen LogP contribution in [0.4, 0.5) is 5.69 Å². The zero-order valence-electron chi connectivity index (χ0n) is 15.6. The maximum absolute atomic E-state index is 12.2. The van der Waals surface area contributed by atoms with Gasteiger partial charge in [-0.3, -0.25) is 9.59 Å². The molecule has 0 bridgehead atoms. The molecule has 0 aliphatic heterocycles. The lowest BCUT2D eigenvalue weighted by Gasteiger charge is -2.12. The molecule has 0 aromatic heterocycles. The summed E-state index contributed by atoms with van der Waals surface area (Å²) in [6.45, 7) is -0.193. The monoisotopic (exact) mass is 374 g/mol. The van der Waals surface area contributed by atoms with Crippen molar-refractivity contribution >= 4 is 17.5 Å². The first-order valence-electron chi connectivity index (χ1n) is 8.04. The van der Waals surface area contributed by atoms with E-state index in [0.717, 1.165) is 0 Å². The number of rotatable bonds is 8. The fourth-order valence-electron chi connectivity index (χ4n) is 2.36. The second-order valence-corrected chi connectivity index (χ2v) is 5.37. The average molecular weight is 374 g/mol. The fourth-order valence-corrected chi connectivity index (χ4v) is 2.36. The molecule has 8 nitrogen and oxygen atoms in total. The highest BCUT2D eigenvalue weighted by Crippen LogP contribution is 2.29. The van der Waals surface area contributed by atoms with E-state index in [0.29, 0.717) is 34.2 Å². The van der Waals surface area contributed by atoms with Crippen molar-refractivity contribution in [2.24, 2.45) is 0 Å². The minimum atomic E-state index is -0.404. The Hall–Kier alpha value is -3.42. The van der Waals surface area contributed by atoms with E-state index < -0.39 is 5.91 Å². The van der Waals surface area contributed by atoms with Gasteiger partial charge in [0.05, 0.1) is 35.0 Å². The highest BCUT2D eigenvalue weighted by Gasteiger charge is 2.13. The first-order chi connectivity index (χ1) is 13.0. The molecule has 2 amide bonds. The van der Waals surface area contributed by atoms with E-state index in [1.54, 1.807) is 36.4 Å². The first-order valence-corrected chi connectivity index (χ1v) is 8.04. The molecule has 0 saturated carbocycles. The van der Waals surface area contributed by atoms with E-state index in [-0.39, 0.29) is 12.5 Å². The number of hydrogen-bond donors (Lipinski definition) is 2. The number of anilines is 1. The summed E-state index contributed by atoms with van der Waals surface area (Å²) in [7, 11) is 6.03. The summed E-state index contributed by atoms with van der Waals surface area (Å²) in [6.07, 6.45) is 0. The minimum Gasteiger partial charge on any atom is -0.493 e. The van der Waals surface area contributed by atoms with Crippen LogP contribution in [0.1, 0.15) is 10.4 Å². The van der Waals surface area contributed by atoms with Crippen LogP contribution in [-0.4, -0.2) is 46.8 Å². The van der Waals surface area contributed by atoms with Crippen molar-refractivity contribution in [3.05, 3.63) is 42.0 Å². The van der Waals surface area contributed by atoms with Crippen LogP contribution in [0.5, 0.6) is 23.0 Å². The quantitative estimate of drug-likeness (QED) is 0.735. The lowest BCUT2D eigenvalue weighted by Crippen LogP contribution is -2.32. The Morgan fingerprint density at radius 3 is 1.93 bits per heavy atom. The van der Waals surface area contributed by atoms with Gasteiger partial charge in [-0.2, -0.15) is 0 Å². The fraction of sp³-hybridized carbons (Fsp3) is 0.263. The van der Waals surface area contributed by atoms with Gasteiger partial charge in [-0.05, 0) is 30.3 Å². The second-order valence-electron chi connectivity index (χ2n) is 5.37. The predicted octanol–water partition coefficient (Wildman–Crippen LogP) is 2.09. The van der Waals surface area contributed by atoms with Gasteiger partial charge in [-0.25, -0.2) is 0 Å². The molecule has 144 valence electrons. The van der Waals surface area contributed by atoms with Gasteiger partial charge in [0, 0.05) is 17.3 Å². The van der Waals surface area contributed by atoms with Crippen molar-refractivity contribution in [2.45, 2.75) is 0 Å². The van der Waals surface area contributed by atoms with E-state index in [9.17, 15) is 9.59 Å². The van der Waals surface area contributed by atoms with Crippen LogP contribution in [0.15, 0.2) is 36.4 Å². The van der Waals surface area contributed by atoms with E-state index in [2.05, 4.69) is 10.6 Å². The molecule has 8 heteroatoms. The number of carbonyl (C=O) groups excluding carboxylic acids is 2. The number of hydrogen-bond acceptors (Lipinski definition) is 6. The average Bonchev–Trinajstić information content (AvgIpc) is 2.71. The SMILES string of the molecule is COc1ccc(NC(=O)CNC(=O)c2ccc(OC)c(OC)c2)cc1OC. The van der Waals surface area contributed by atoms with Crippen molar-refractivity contribution in [3.8, 4) is 23.0 Å².